The zero-order valence-electron chi connectivity index (χ0n) is 13.9. The minimum absolute atomic E-state index is 0.695. The van der Waals surface area contributed by atoms with Crippen molar-refractivity contribution in [1.82, 2.24) is 19.8 Å². The summed E-state index contributed by atoms with van der Waals surface area (Å²) in [5, 5.41) is 6.65. The predicted molar refractivity (Wildman–Crippen MR) is 89.6 cm³/mol. The Morgan fingerprint density at radius 2 is 1.95 bits per heavy atom. The van der Waals surface area contributed by atoms with E-state index in [1.165, 1.54) is 0 Å². The number of anilines is 2. The fourth-order valence-electron chi connectivity index (χ4n) is 2.30. The van der Waals surface area contributed by atoms with Crippen LogP contribution in [0.3, 0.4) is 0 Å². The highest BCUT2D eigenvalue weighted by atomic mass is 16.5. The van der Waals surface area contributed by atoms with Crippen molar-refractivity contribution in [1.29, 1.82) is 0 Å². The summed E-state index contributed by atoms with van der Waals surface area (Å²) in [4.78, 5) is 13.5. The lowest BCUT2D eigenvalue weighted by Crippen LogP contribution is -2.39. The summed E-state index contributed by atoms with van der Waals surface area (Å²) in [7, 11) is 4.12. The van der Waals surface area contributed by atoms with Crippen LogP contribution >= 0.6 is 0 Å². The second-order valence-corrected chi connectivity index (χ2v) is 5.83. The zero-order valence-corrected chi connectivity index (χ0v) is 13.9. The number of nitrogens with zero attached hydrogens (tertiary/aromatic N) is 4. The van der Waals surface area contributed by atoms with Crippen molar-refractivity contribution in [3.05, 3.63) is 11.8 Å². The van der Waals surface area contributed by atoms with Crippen molar-refractivity contribution in [3.8, 4) is 0 Å². The highest BCUT2D eigenvalue weighted by molar-refractivity contribution is 5.42. The molecule has 0 aromatic carbocycles. The maximum absolute atomic E-state index is 5.35. The highest BCUT2D eigenvalue weighted by Gasteiger charge is 2.09. The Morgan fingerprint density at radius 3 is 2.68 bits per heavy atom. The fraction of sp³-hybridized carbons (Fsp3) is 0.733. The summed E-state index contributed by atoms with van der Waals surface area (Å²) < 4.78 is 5.35. The van der Waals surface area contributed by atoms with Gasteiger partial charge in [-0.15, -0.1) is 0 Å². The van der Waals surface area contributed by atoms with Crippen LogP contribution in [0, 0.1) is 6.92 Å². The van der Waals surface area contributed by atoms with Crippen molar-refractivity contribution in [3.63, 3.8) is 0 Å². The van der Waals surface area contributed by atoms with Gasteiger partial charge < -0.3 is 20.3 Å². The van der Waals surface area contributed by atoms with Crippen molar-refractivity contribution >= 4 is 11.8 Å². The van der Waals surface area contributed by atoms with Gasteiger partial charge in [0.05, 0.1) is 13.2 Å². The Labute approximate surface area is 133 Å². The summed E-state index contributed by atoms with van der Waals surface area (Å²) in [5.74, 6) is 1.57. The average molecular weight is 308 g/mol. The monoisotopic (exact) mass is 308 g/mol. The van der Waals surface area contributed by atoms with Crippen LogP contribution in [0.5, 0.6) is 0 Å². The second-order valence-electron chi connectivity index (χ2n) is 5.83. The van der Waals surface area contributed by atoms with Gasteiger partial charge in [-0.1, -0.05) is 0 Å². The van der Waals surface area contributed by atoms with Gasteiger partial charge in [0.2, 0.25) is 5.95 Å². The molecule has 0 saturated carbocycles. The smallest absolute Gasteiger partial charge is 0.224 e. The van der Waals surface area contributed by atoms with Crippen molar-refractivity contribution in [2.24, 2.45) is 0 Å². The molecule has 2 N–H and O–H groups in total. The molecule has 1 aromatic rings. The Kier molecular flexibility index (Phi) is 6.82. The second kappa shape index (κ2) is 8.87. The van der Waals surface area contributed by atoms with E-state index in [1.807, 2.05) is 13.0 Å². The van der Waals surface area contributed by atoms with Gasteiger partial charge in [0.15, 0.2) is 0 Å². The first-order valence-corrected chi connectivity index (χ1v) is 7.92. The molecule has 22 heavy (non-hydrogen) atoms. The number of aryl methyl sites for hydroxylation is 1. The number of ether oxygens (including phenoxy) is 1. The molecule has 0 bridgehead atoms. The fourth-order valence-corrected chi connectivity index (χ4v) is 2.30. The maximum Gasteiger partial charge on any atom is 0.224 e. The van der Waals surface area contributed by atoms with Gasteiger partial charge >= 0.3 is 0 Å². The molecule has 2 rings (SSSR count). The van der Waals surface area contributed by atoms with E-state index in [9.17, 15) is 0 Å². The molecular formula is C15H28N6O. The average Bonchev–Trinajstić information content (AvgIpc) is 2.47. The molecule has 1 aliphatic rings. The van der Waals surface area contributed by atoms with Crippen LogP contribution in [0.15, 0.2) is 6.07 Å². The van der Waals surface area contributed by atoms with Gasteiger partial charge in [-0.2, -0.15) is 4.98 Å². The van der Waals surface area contributed by atoms with E-state index in [2.05, 4.69) is 44.5 Å². The molecule has 1 aliphatic heterocycles. The molecule has 7 heteroatoms. The number of aromatic nitrogens is 2. The summed E-state index contributed by atoms with van der Waals surface area (Å²) in [5.41, 5.74) is 0.969. The van der Waals surface area contributed by atoms with E-state index in [0.29, 0.717) is 5.95 Å². The molecule has 1 saturated heterocycles. The number of hydrogen-bond donors (Lipinski definition) is 2. The molecule has 0 amide bonds. The molecule has 2 heterocycles. The molecule has 124 valence electrons. The summed E-state index contributed by atoms with van der Waals surface area (Å²) >= 11 is 0. The van der Waals surface area contributed by atoms with E-state index in [1.54, 1.807) is 0 Å². The van der Waals surface area contributed by atoms with Crippen LogP contribution in [-0.2, 0) is 4.74 Å². The molecule has 1 aromatic heterocycles. The maximum atomic E-state index is 5.35. The van der Waals surface area contributed by atoms with Crippen LogP contribution in [0.25, 0.3) is 0 Å². The lowest BCUT2D eigenvalue weighted by atomic mass is 10.4. The third-order valence-corrected chi connectivity index (χ3v) is 3.53. The molecule has 7 nitrogen and oxygen atoms in total. The molecule has 1 fully saturated rings. The zero-order chi connectivity index (χ0) is 15.8. The first kappa shape index (κ1) is 16.9. The van der Waals surface area contributed by atoms with Crippen molar-refractivity contribution < 1.29 is 4.74 Å². The van der Waals surface area contributed by atoms with Crippen LogP contribution in [0.1, 0.15) is 5.69 Å². The largest absolute Gasteiger partial charge is 0.379 e. The van der Waals surface area contributed by atoms with E-state index in [-0.39, 0.29) is 0 Å². The van der Waals surface area contributed by atoms with Gasteiger partial charge in [0.25, 0.3) is 0 Å². The third kappa shape index (κ3) is 6.13. The standard InChI is InChI=1S/C15H28N6O/c1-13-12-14(16-4-6-20(2)3)19-15(18-13)17-5-7-21-8-10-22-11-9-21/h12H,4-11H2,1-3H3,(H2,16,17,18,19). The number of likely N-dealkylation sites (N-methyl/N-ethyl adjacent to an activating group) is 1. The topological polar surface area (TPSA) is 65.5 Å². The lowest BCUT2D eigenvalue weighted by molar-refractivity contribution is 0.0398. The summed E-state index contributed by atoms with van der Waals surface area (Å²) in [6.07, 6.45) is 0. The molecule has 0 atom stereocenters. The minimum atomic E-state index is 0.695. The predicted octanol–water partition coefficient (Wildman–Crippen LogP) is 0.503. The molecule has 0 aliphatic carbocycles. The summed E-state index contributed by atoms with van der Waals surface area (Å²) in [6.45, 7) is 9.36. The molecule has 0 radical (unpaired) electrons. The quantitative estimate of drug-likeness (QED) is 0.725. The van der Waals surface area contributed by atoms with Gasteiger partial charge in [0.1, 0.15) is 5.82 Å². The van der Waals surface area contributed by atoms with E-state index in [0.717, 1.165) is 64.0 Å². The SMILES string of the molecule is Cc1cc(NCCN(C)C)nc(NCCN2CCOCC2)n1. The van der Waals surface area contributed by atoms with Crippen LogP contribution in [-0.4, -0.2) is 86.3 Å². The molecule has 0 spiro atoms. The Hall–Kier alpha value is -1.44. The van der Waals surface area contributed by atoms with Crippen molar-refractivity contribution in [2.45, 2.75) is 6.92 Å². The highest BCUT2D eigenvalue weighted by Crippen LogP contribution is 2.09. The first-order chi connectivity index (χ1) is 10.6. The number of morpholine rings is 1. The van der Waals surface area contributed by atoms with Crippen molar-refractivity contribution in [2.75, 3.05) is 77.2 Å². The Morgan fingerprint density at radius 1 is 1.18 bits per heavy atom. The minimum Gasteiger partial charge on any atom is -0.379 e. The lowest BCUT2D eigenvalue weighted by Gasteiger charge is -2.26. The summed E-state index contributed by atoms with van der Waals surface area (Å²) in [6, 6.07) is 1.98. The normalized spacial score (nSPS) is 16.0. The van der Waals surface area contributed by atoms with E-state index in [4.69, 9.17) is 4.74 Å². The van der Waals surface area contributed by atoms with Crippen LogP contribution < -0.4 is 10.6 Å². The Bertz CT molecular complexity index is 448. The van der Waals surface area contributed by atoms with Gasteiger partial charge in [0, 0.05) is 51.0 Å². The number of rotatable bonds is 8. The molecular weight excluding hydrogens is 280 g/mol. The van der Waals surface area contributed by atoms with Crippen LogP contribution in [0.4, 0.5) is 11.8 Å². The third-order valence-electron chi connectivity index (χ3n) is 3.53. The number of nitrogens with one attached hydrogen (secondary N) is 2. The van der Waals surface area contributed by atoms with Crippen LogP contribution in [0.2, 0.25) is 0 Å². The van der Waals surface area contributed by atoms with E-state index >= 15 is 0 Å². The van der Waals surface area contributed by atoms with E-state index < -0.39 is 0 Å². The van der Waals surface area contributed by atoms with Gasteiger partial charge in [-0.25, -0.2) is 4.98 Å². The number of hydrogen-bond acceptors (Lipinski definition) is 7. The van der Waals surface area contributed by atoms with Gasteiger partial charge in [-0.05, 0) is 21.0 Å². The van der Waals surface area contributed by atoms with Gasteiger partial charge in [-0.3, -0.25) is 4.90 Å². The molecule has 0 unspecified atom stereocenters. The first-order valence-electron chi connectivity index (χ1n) is 7.92. The Balaban J connectivity index is 1.78.